The highest BCUT2D eigenvalue weighted by Gasteiger charge is 2.18. The van der Waals surface area contributed by atoms with Crippen LogP contribution in [0, 0.1) is 0 Å². The van der Waals surface area contributed by atoms with Gasteiger partial charge in [0.25, 0.3) is 5.91 Å². The van der Waals surface area contributed by atoms with Crippen LogP contribution < -0.4 is 10.6 Å². The van der Waals surface area contributed by atoms with Crippen LogP contribution in [0.15, 0.2) is 36.5 Å². The van der Waals surface area contributed by atoms with Gasteiger partial charge in [-0.25, -0.2) is 4.98 Å². The van der Waals surface area contributed by atoms with Gasteiger partial charge in [-0.2, -0.15) is 5.10 Å². The molecule has 7 nitrogen and oxygen atoms in total. The van der Waals surface area contributed by atoms with Crippen LogP contribution in [0.5, 0.6) is 0 Å². The topological polar surface area (TPSA) is 76.8 Å². The second-order valence-electron chi connectivity index (χ2n) is 6.44. The molecule has 1 fully saturated rings. The van der Waals surface area contributed by atoms with Gasteiger partial charge in [-0.05, 0) is 37.6 Å². The van der Waals surface area contributed by atoms with E-state index < -0.39 is 0 Å². The summed E-state index contributed by atoms with van der Waals surface area (Å²) < 4.78 is 3.90. The molecular weight excluding hydrogens is 387 g/mol. The Bertz CT molecular complexity index is 900. The number of para-hydroxylation sites is 2. The SMILES string of the molecule is Cl.Cl.Cn1c(CNC(=O)c2ccn(C3CCCNC3)n2)nc2ccccc21. The number of aryl methyl sites for hydroxylation is 1. The van der Waals surface area contributed by atoms with Gasteiger partial charge in [0.1, 0.15) is 11.5 Å². The van der Waals surface area contributed by atoms with Crippen molar-refractivity contribution in [1.82, 2.24) is 30.0 Å². The molecule has 0 aliphatic carbocycles. The van der Waals surface area contributed by atoms with Gasteiger partial charge in [-0.15, -0.1) is 24.8 Å². The number of halogens is 2. The summed E-state index contributed by atoms with van der Waals surface area (Å²) in [5.74, 6) is 0.653. The molecule has 9 heteroatoms. The lowest BCUT2D eigenvalue weighted by Gasteiger charge is -2.22. The van der Waals surface area contributed by atoms with Crippen LogP contribution in [0.25, 0.3) is 11.0 Å². The minimum atomic E-state index is -0.172. The maximum atomic E-state index is 12.4. The minimum absolute atomic E-state index is 0. The molecule has 1 aliphatic heterocycles. The van der Waals surface area contributed by atoms with Gasteiger partial charge < -0.3 is 15.2 Å². The van der Waals surface area contributed by atoms with E-state index in [9.17, 15) is 4.79 Å². The van der Waals surface area contributed by atoms with Crippen molar-refractivity contribution in [2.75, 3.05) is 13.1 Å². The molecule has 3 aromatic rings. The number of rotatable bonds is 4. The first-order chi connectivity index (χ1) is 12.2. The third kappa shape index (κ3) is 4.43. The molecule has 0 bridgehead atoms. The van der Waals surface area contributed by atoms with Gasteiger partial charge in [0.05, 0.1) is 23.6 Å². The first-order valence-corrected chi connectivity index (χ1v) is 8.67. The van der Waals surface area contributed by atoms with E-state index in [0.717, 1.165) is 42.8 Å². The molecular formula is C18H24Cl2N6O. The van der Waals surface area contributed by atoms with Crippen molar-refractivity contribution in [1.29, 1.82) is 0 Å². The number of imidazole rings is 1. The maximum absolute atomic E-state index is 12.4. The summed E-state index contributed by atoms with van der Waals surface area (Å²) in [5, 5.41) is 10.7. The number of nitrogens with one attached hydrogen (secondary N) is 2. The molecule has 1 atom stereocenters. The zero-order valence-corrected chi connectivity index (χ0v) is 16.7. The highest BCUT2D eigenvalue weighted by molar-refractivity contribution is 5.92. The molecule has 3 heterocycles. The third-order valence-electron chi connectivity index (χ3n) is 4.77. The molecule has 1 saturated heterocycles. The van der Waals surface area contributed by atoms with E-state index in [1.165, 1.54) is 0 Å². The van der Waals surface area contributed by atoms with Crippen molar-refractivity contribution in [3.63, 3.8) is 0 Å². The molecule has 2 aromatic heterocycles. The summed E-state index contributed by atoms with van der Waals surface area (Å²) in [5.41, 5.74) is 2.44. The lowest BCUT2D eigenvalue weighted by atomic mass is 10.1. The standard InChI is InChI=1S/C18H22N6O.2ClH/c1-23-16-7-3-2-6-14(16)21-17(23)12-20-18(25)15-8-10-24(22-15)13-5-4-9-19-11-13;;/h2-3,6-8,10,13,19H,4-5,9,11-12H2,1H3,(H,20,25);2*1H. The highest BCUT2D eigenvalue weighted by atomic mass is 35.5. The number of aromatic nitrogens is 4. The zero-order chi connectivity index (χ0) is 17.2. The van der Waals surface area contributed by atoms with Crippen molar-refractivity contribution in [3.05, 3.63) is 48.0 Å². The Kier molecular flexibility index (Phi) is 7.24. The van der Waals surface area contributed by atoms with Crippen LogP contribution in [0.3, 0.4) is 0 Å². The van der Waals surface area contributed by atoms with Crippen LogP contribution in [0.4, 0.5) is 0 Å². The van der Waals surface area contributed by atoms with E-state index >= 15 is 0 Å². The smallest absolute Gasteiger partial charge is 0.272 e. The number of carbonyl (C=O) groups is 1. The minimum Gasteiger partial charge on any atom is -0.343 e. The average molecular weight is 411 g/mol. The summed E-state index contributed by atoms with van der Waals surface area (Å²) >= 11 is 0. The van der Waals surface area contributed by atoms with Crippen LogP contribution in [0.2, 0.25) is 0 Å². The summed E-state index contributed by atoms with van der Waals surface area (Å²) in [7, 11) is 1.96. The first-order valence-electron chi connectivity index (χ1n) is 8.67. The number of amides is 1. The second kappa shape index (κ2) is 9.21. The van der Waals surface area contributed by atoms with Crippen LogP contribution in [-0.2, 0) is 13.6 Å². The second-order valence-corrected chi connectivity index (χ2v) is 6.44. The van der Waals surface area contributed by atoms with Crippen molar-refractivity contribution < 1.29 is 4.79 Å². The Morgan fingerprint density at radius 2 is 2.11 bits per heavy atom. The normalized spacial score (nSPS) is 16.4. The molecule has 2 N–H and O–H groups in total. The molecule has 146 valence electrons. The fourth-order valence-electron chi connectivity index (χ4n) is 3.33. The number of hydrogen-bond donors (Lipinski definition) is 2. The summed E-state index contributed by atoms with van der Waals surface area (Å²) in [6.45, 7) is 2.34. The number of hydrogen-bond acceptors (Lipinski definition) is 4. The predicted octanol–water partition coefficient (Wildman–Crippen LogP) is 2.47. The maximum Gasteiger partial charge on any atom is 0.272 e. The fraction of sp³-hybridized carbons (Fsp3) is 0.389. The predicted molar refractivity (Wildman–Crippen MR) is 110 cm³/mol. The van der Waals surface area contributed by atoms with Crippen LogP contribution in [-0.4, -0.2) is 38.3 Å². The molecule has 1 unspecified atom stereocenters. The van der Waals surface area contributed by atoms with Crippen molar-refractivity contribution in [2.45, 2.75) is 25.4 Å². The molecule has 1 amide bonds. The van der Waals surface area contributed by atoms with E-state index in [-0.39, 0.29) is 30.7 Å². The van der Waals surface area contributed by atoms with Gasteiger partial charge >= 0.3 is 0 Å². The molecule has 4 rings (SSSR count). The van der Waals surface area contributed by atoms with E-state index in [4.69, 9.17) is 0 Å². The van der Waals surface area contributed by atoms with Gasteiger partial charge in [-0.3, -0.25) is 9.48 Å². The van der Waals surface area contributed by atoms with Crippen molar-refractivity contribution >= 4 is 41.8 Å². The molecule has 0 spiro atoms. The summed E-state index contributed by atoms with van der Waals surface area (Å²) in [4.78, 5) is 17.0. The molecule has 0 saturated carbocycles. The van der Waals surface area contributed by atoms with Crippen molar-refractivity contribution in [3.8, 4) is 0 Å². The lowest BCUT2D eigenvalue weighted by molar-refractivity contribution is 0.0943. The van der Waals surface area contributed by atoms with Crippen LogP contribution >= 0.6 is 24.8 Å². The van der Waals surface area contributed by atoms with Gasteiger partial charge in [0.2, 0.25) is 0 Å². The number of benzene rings is 1. The molecule has 1 aliphatic rings. The van der Waals surface area contributed by atoms with E-state index in [1.54, 1.807) is 6.07 Å². The Morgan fingerprint density at radius 1 is 1.30 bits per heavy atom. The zero-order valence-electron chi connectivity index (χ0n) is 15.1. The van der Waals surface area contributed by atoms with Crippen LogP contribution in [0.1, 0.15) is 35.2 Å². The van der Waals surface area contributed by atoms with Gasteiger partial charge in [-0.1, -0.05) is 12.1 Å². The summed E-state index contributed by atoms with van der Waals surface area (Å²) in [6.07, 6.45) is 4.12. The van der Waals surface area contributed by atoms with E-state index in [0.29, 0.717) is 18.3 Å². The Morgan fingerprint density at radius 3 is 2.85 bits per heavy atom. The van der Waals surface area contributed by atoms with Gasteiger partial charge in [0, 0.05) is 19.8 Å². The lowest BCUT2D eigenvalue weighted by Crippen LogP contribution is -2.32. The Labute approximate surface area is 170 Å². The number of carbonyl (C=O) groups excluding carboxylic acids is 1. The average Bonchev–Trinajstić information content (AvgIpc) is 3.26. The Hall–Kier alpha value is -2.09. The highest BCUT2D eigenvalue weighted by Crippen LogP contribution is 2.16. The molecule has 0 radical (unpaired) electrons. The van der Waals surface area contributed by atoms with E-state index in [2.05, 4.69) is 20.7 Å². The first kappa shape index (κ1) is 21.2. The molecule has 27 heavy (non-hydrogen) atoms. The monoisotopic (exact) mass is 410 g/mol. The Balaban J connectivity index is 0.00000131. The van der Waals surface area contributed by atoms with Crippen molar-refractivity contribution in [2.24, 2.45) is 7.05 Å². The van der Waals surface area contributed by atoms with Gasteiger partial charge in [0.15, 0.2) is 0 Å². The molecule has 1 aromatic carbocycles. The fourth-order valence-corrected chi connectivity index (χ4v) is 3.33. The summed E-state index contributed by atoms with van der Waals surface area (Å²) in [6, 6.07) is 10.0. The number of piperidine rings is 1. The quantitative estimate of drug-likeness (QED) is 0.692. The number of fused-ring (bicyclic) bond motifs is 1. The number of nitrogens with zero attached hydrogens (tertiary/aromatic N) is 4. The largest absolute Gasteiger partial charge is 0.343 e. The van der Waals surface area contributed by atoms with E-state index in [1.807, 2.05) is 46.8 Å². The third-order valence-corrected chi connectivity index (χ3v) is 4.77.